The number of methoxy groups -OCH3 is 1. The van der Waals surface area contributed by atoms with Crippen molar-refractivity contribution in [3.63, 3.8) is 0 Å². The number of hydrogen-bond acceptors (Lipinski definition) is 4. The highest BCUT2D eigenvalue weighted by atomic mass is 16.5. The Bertz CT molecular complexity index is 978. The molecule has 0 spiro atoms. The second kappa shape index (κ2) is 9.07. The summed E-state index contributed by atoms with van der Waals surface area (Å²) >= 11 is 0. The highest BCUT2D eigenvalue weighted by Crippen LogP contribution is 2.28. The van der Waals surface area contributed by atoms with Gasteiger partial charge in [0.15, 0.2) is 5.65 Å². The monoisotopic (exact) mass is 394 g/mol. The van der Waals surface area contributed by atoms with Crippen LogP contribution in [0.5, 0.6) is 5.75 Å². The van der Waals surface area contributed by atoms with E-state index in [0.717, 1.165) is 34.7 Å². The van der Waals surface area contributed by atoms with Crippen molar-refractivity contribution >= 4 is 17.1 Å². The smallest absolute Gasteiger partial charge is 0.225 e. The third kappa shape index (κ3) is 4.75. The van der Waals surface area contributed by atoms with Crippen LogP contribution in [-0.4, -0.2) is 27.6 Å². The Morgan fingerprint density at radius 3 is 2.59 bits per heavy atom. The SMILES string of the molecule is COc1ccccc1CC(=O)NC(CC(C)C)c1nc2cccnc2n1C(C)C. The minimum Gasteiger partial charge on any atom is -0.496 e. The zero-order valence-electron chi connectivity index (χ0n) is 17.8. The molecule has 1 atom stereocenters. The van der Waals surface area contributed by atoms with Crippen LogP contribution >= 0.6 is 0 Å². The third-order valence-corrected chi connectivity index (χ3v) is 4.89. The molecule has 0 saturated heterocycles. The molecule has 154 valence electrons. The van der Waals surface area contributed by atoms with E-state index < -0.39 is 0 Å². The highest BCUT2D eigenvalue weighted by Gasteiger charge is 2.25. The van der Waals surface area contributed by atoms with Gasteiger partial charge in [-0.3, -0.25) is 4.79 Å². The summed E-state index contributed by atoms with van der Waals surface area (Å²) < 4.78 is 7.52. The van der Waals surface area contributed by atoms with Crippen LogP contribution in [0.1, 0.15) is 57.6 Å². The zero-order chi connectivity index (χ0) is 21.0. The van der Waals surface area contributed by atoms with Crippen LogP contribution < -0.4 is 10.1 Å². The van der Waals surface area contributed by atoms with E-state index in [9.17, 15) is 4.79 Å². The Morgan fingerprint density at radius 1 is 1.14 bits per heavy atom. The number of rotatable bonds is 8. The normalized spacial score (nSPS) is 12.5. The molecule has 0 aliphatic carbocycles. The van der Waals surface area contributed by atoms with Gasteiger partial charge in [-0.1, -0.05) is 32.0 Å². The molecule has 0 radical (unpaired) electrons. The van der Waals surface area contributed by atoms with Gasteiger partial charge in [-0.15, -0.1) is 0 Å². The fraction of sp³-hybridized carbons (Fsp3) is 0.435. The average molecular weight is 395 g/mol. The summed E-state index contributed by atoms with van der Waals surface area (Å²) in [5.41, 5.74) is 2.57. The van der Waals surface area contributed by atoms with Gasteiger partial charge in [0.1, 0.15) is 17.1 Å². The second-order valence-corrected chi connectivity index (χ2v) is 8.02. The number of pyridine rings is 1. The molecule has 3 rings (SSSR count). The maximum absolute atomic E-state index is 12.9. The topological polar surface area (TPSA) is 69.0 Å². The average Bonchev–Trinajstić information content (AvgIpc) is 3.07. The quantitative estimate of drug-likeness (QED) is 0.612. The lowest BCUT2D eigenvalue weighted by atomic mass is 10.0. The Balaban J connectivity index is 1.92. The molecule has 0 saturated carbocycles. The number of amides is 1. The summed E-state index contributed by atoms with van der Waals surface area (Å²) in [4.78, 5) is 22.3. The number of ether oxygens (including phenoxy) is 1. The third-order valence-electron chi connectivity index (χ3n) is 4.89. The molecule has 3 aromatic rings. The van der Waals surface area contributed by atoms with E-state index in [1.165, 1.54) is 0 Å². The summed E-state index contributed by atoms with van der Waals surface area (Å²) in [7, 11) is 1.62. The summed E-state index contributed by atoms with van der Waals surface area (Å²) in [6.45, 7) is 8.53. The molecular weight excluding hydrogens is 364 g/mol. The van der Waals surface area contributed by atoms with Gasteiger partial charge in [0.2, 0.25) is 5.91 Å². The first-order chi connectivity index (χ1) is 13.9. The number of nitrogens with one attached hydrogen (secondary N) is 1. The van der Waals surface area contributed by atoms with E-state index in [2.05, 4.69) is 42.6 Å². The maximum atomic E-state index is 12.9. The number of aromatic nitrogens is 3. The van der Waals surface area contributed by atoms with Crippen LogP contribution in [0, 0.1) is 5.92 Å². The first-order valence-electron chi connectivity index (χ1n) is 10.1. The lowest BCUT2D eigenvalue weighted by molar-refractivity contribution is -0.121. The van der Waals surface area contributed by atoms with Crippen molar-refractivity contribution in [2.24, 2.45) is 5.92 Å². The molecule has 1 aromatic carbocycles. The molecule has 1 unspecified atom stereocenters. The van der Waals surface area contributed by atoms with E-state index in [1.54, 1.807) is 13.3 Å². The van der Waals surface area contributed by atoms with Gasteiger partial charge in [-0.05, 0) is 44.4 Å². The molecule has 1 N–H and O–H groups in total. The van der Waals surface area contributed by atoms with Gasteiger partial charge in [0, 0.05) is 17.8 Å². The number of fused-ring (bicyclic) bond motifs is 1. The Morgan fingerprint density at radius 2 is 1.90 bits per heavy atom. The summed E-state index contributed by atoms with van der Waals surface area (Å²) in [6.07, 6.45) is 2.84. The number of carbonyl (C=O) groups excluding carboxylic acids is 1. The molecule has 6 heteroatoms. The summed E-state index contributed by atoms with van der Waals surface area (Å²) in [5.74, 6) is 1.94. The second-order valence-electron chi connectivity index (χ2n) is 8.02. The first kappa shape index (κ1) is 20.8. The van der Waals surface area contributed by atoms with Gasteiger partial charge in [0.05, 0.1) is 19.6 Å². The Hall–Kier alpha value is -2.89. The number of carbonyl (C=O) groups is 1. The number of para-hydroxylation sites is 1. The van der Waals surface area contributed by atoms with Crippen molar-refractivity contribution in [2.45, 2.75) is 52.6 Å². The summed E-state index contributed by atoms with van der Waals surface area (Å²) in [5, 5.41) is 3.22. The molecule has 6 nitrogen and oxygen atoms in total. The van der Waals surface area contributed by atoms with Gasteiger partial charge < -0.3 is 14.6 Å². The molecule has 0 bridgehead atoms. The van der Waals surface area contributed by atoms with Gasteiger partial charge >= 0.3 is 0 Å². The molecule has 1 amide bonds. The number of benzene rings is 1. The van der Waals surface area contributed by atoms with E-state index in [0.29, 0.717) is 5.92 Å². The highest BCUT2D eigenvalue weighted by molar-refractivity contribution is 5.80. The zero-order valence-corrected chi connectivity index (χ0v) is 17.8. The van der Waals surface area contributed by atoms with Crippen LogP contribution in [0.15, 0.2) is 42.6 Å². The van der Waals surface area contributed by atoms with Gasteiger partial charge in [0.25, 0.3) is 0 Å². The van der Waals surface area contributed by atoms with Crippen molar-refractivity contribution in [2.75, 3.05) is 7.11 Å². The van der Waals surface area contributed by atoms with E-state index >= 15 is 0 Å². The fourth-order valence-corrected chi connectivity index (χ4v) is 3.67. The maximum Gasteiger partial charge on any atom is 0.225 e. The lowest BCUT2D eigenvalue weighted by Gasteiger charge is -2.23. The van der Waals surface area contributed by atoms with Crippen LogP contribution in [0.4, 0.5) is 0 Å². The van der Waals surface area contributed by atoms with E-state index in [4.69, 9.17) is 9.72 Å². The van der Waals surface area contributed by atoms with Crippen molar-refractivity contribution in [3.8, 4) is 5.75 Å². The standard InChI is InChI=1S/C23H30N4O2/c1-15(2)13-19(25-21(28)14-17-9-6-7-11-20(17)29-5)23-26-18-10-8-12-24-22(18)27(23)16(3)4/h6-12,15-16,19H,13-14H2,1-5H3,(H,25,28). The van der Waals surface area contributed by atoms with Crippen LogP contribution in [0.2, 0.25) is 0 Å². The fourth-order valence-electron chi connectivity index (χ4n) is 3.67. The van der Waals surface area contributed by atoms with Crippen LogP contribution in [-0.2, 0) is 11.2 Å². The van der Waals surface area contributed by atoms with Gasteiger partial charge in [-0.2, -0.15) is 0 Å². The molecule has 2 aromatic heterocycles. The van der Waals surface area contributed by atoms with Crippen molar-refractivity contribution in [1.29, 1.82) is 0 Å². The minimum atomic E-state index is -0.186. The largest absolute Gasteiger partial charge is 0.496 e. The Kier molecular flexibility index (Phi) is 6.52. The molecule has 29 heavy (non-hydrogen) atoms. The summed E-state index contributed by atoms with van der Waals surface area (Å²) in [6, 6.07) is 11.5. The number of imidazole rings is 1. The number of hydrogen-bond donors (Lipinski definition) is 1. The molecule has 0 fully saturated rings. The number of nitrogens with zero attached hydrogens (tertiary/aromatic N) is 3. The van der Waals surface area contributed by atoms with Crippen molar-refractivity contribution in [3.05, 3.63) is 54.0 Å². The first-order valence-corrected chi connectivity index (χ1v) is 10.1. The molecule has 0 aliphatic heterocycles. The molecule has 0 aliphatic rings. The Labute approximate surface area is 172 Å². The van der Waals surface area contributed by atoms with Crippen LogP contribution in [0.25, 0.3) is 11.2 Å². The molecular formula is C23H30N4O2. The lowest BCUT2D eigenvalue weighted by Crippen LogP contribution is -2.33. The predicted molar refractivity (Wildman–Crippen MR) is 115 cm³/mol. The van der Waals surface area contributed by atoms with Crippen molar-refractivity contribution < 1.29 is 9.53 Å². The minimum absolute atomic E-state index is 0.0459. The van der Waals surface area contributed by atoms with Crippen LogP contribution in [0.3, 0.4) is 0 Å². The van der Waals surface area contributed by atoms with Crippen molar-refractivity contribution in [1.82, 2.24) is 19.9 Å². The predicted octanol–water partition coefficient (Wildman–Crippen LogP) is 4.47. The van der Waals surface area contributed by atoms with Gasteiger partial charge in [-0.25, -0.2) is 9.97 Å². The van der Waals surface area contributed by atoms with E-state index in [-0.39, 0.29) is 24.4 Å². The molecule has 2 heterocycles. The van der Waals surface area contributed by atoms with E-state index in [1.807, 2.05) is 36.4 Å².